The van der Waals surface area contributed by atoms with E-state index in [1.54, 1.807) is 24.3 Å². The number of benzene rings is 1. The van der Waals surface area contributed by atoms with Gasteiger partial charge in [-0.15, -0.1) is 0 Å². The van der Waals surface area contributed by atoms with Gasteiger partial charge in [0, 0.05) is 13.0 Å². The number of carbonyl (C=O) groups is 4. The van der Waals surface area contributed by atoms with E-state index in [1.165, 1.54) is 4.90 Å². The summed E-state index contributed by atoms with van der Waals surface area (Å²) in [6, 6.07) is 5.63. The van der Waals surface area contributed by atoms with E-state index in [4.69, 9.17) is 5.73 Å². The Kier molecular flexibility index (Phi) is 10.7. The molecule has 1 aliphatic heterocycles. The molecule has 4 unspecified atom stereocenters. The van der Waals surface area contributed by atoms with Crippen molar-refractivity contribution < 1.29 is 24.3 Å². The molecule has 35 heavy (non-hydrogen) atoms. The first-order chi connectivity index (χ1) is 16.5. The van der Waals surface area contributed by atoms with Crippen LogP contribution in [-0.2, 0) is 25.6 Å². The van der Waals surface area contributed by atoms with Crippen molar-refractivity contribution in [1.29, 1.82) is 0 Å². The van der Waals surface area contributed by atoms with Crippen LogP contribution in [0.5, 0.6) is 0 Å². The highest BCUT2D eigenvalue weighted by Gasteiger charge is 2.38. The van der Waals surface area contributed by atoms with Gasteiger partial charge in [0.25, 0.3) is 0 Å². The average Bonchev–Trinajstić information content (AvgIpc) is 3.27. The molecular weight excluding hydrogens is 448 g/mol. The molecule has 9 nitrogen and oxygen atoms in total. The van der Waals surface area contributed by atoms with Gasteiger partial charge in [-0.05, 0) is 43.1 Å². The number of likely N-dealkylation sites (tertiary alicyclic amines) is 1. The number of carboxylic acid groups (broad SMARTS) is 1. The number of hydrogen-bond acceptors (Lipinski definition) is 5. The number of aliphatic carboxylic acids is 1. The van der Waals surface area contributed by atoms with Gasteiger partial charge in [-0.2, -0.15) is 0 Å². The molecule has 1 heterocycles. The Balaban J connectivity index is 2.10. The second kappa shape index (κ2) is 13.2. The summed E-state index contributed by atoms with van der Waals surface area (Å²) in [5.41, 5.74) is 6.86. The summed E-state index contributed by atoms with van der Waals surface area (Å²) in [6.07, 6.45) is 2.16. The number of rotatable bonds is 12. The van der Waals surface area contributed by atoms with E-state index >= 15 is 0 Å². The summed E-state index contributed by atoms with van der Waals surface area (Å²) in [5, 5.41) is 15.0. The average molecular weight is 489 g/mol. The van der Waals surface area contributed by atoms with Crippen molar-refractivity contribution in [2.75, 3.05) is 6.54 Å². The van der Waals surface area contributed by atoms with Gasteiger partial charge in [-0.1, -0.05) is 58.0 Å². The molecule has 0 radical (unpaired) electrons. The lowest BCUT2D eigenvalue weighted by Gasteiger charge is -2.29. The lowest BCUT2D eigenvalue weighted by Crippen LogP contribution is -2.57. The maximum absolute atomic E-state index is 13.2. The standard InChI is InChI=1S/C26H40N4O5/c1-16(2)13-19(27)25(33)30-12-8-11-22(30)24(32)28-20(14-17(3)4)23(31)29-21(26(34)35)15-18-9-6-5-7-10-18/h5-7,9-10,16-17,19-22H,8,11-15,27H2,1-4H3,(H,28,32)(H,29,31)(H,34,35). The maximum atomic E-state index is 13.2. The van der Waals surface area contributed by atoms with Crippen LogP contribution in [0.3, 0.4) is 0 Å². The molecule has 1 saturated heterocycles. The minimum absolute atomic E-state index is 0.0734. The van der Waals surface area contributed by atoms with Crippen LogP contribution in [0, 0.1) is 11.8 Å². The molecule has 0 saturated carbocycles. The van der Waals surface area contributed by atoms with Crippen LogP contribution in [-0.4, -0.2) is 64.4 Å². The van der Waals surface area contributed by atoms with Crippen molar-refractivity contribution in [3.63, 3.8) is 0 Å². The zero-order valence-corrected chi connectivity index (χ0v) is 21.2. The van der Waals surface area contributed by atoms with Crippen LogP contribution in [0.4, 0.5) is 0 Å². The number of carbonyl (C=O) groups excluding carboxylic acids is 3. The van der Waals surface area contributed by atoms with E-state index in [0.717, 1.165) is 5.56 Å². The van der Waals surface area contributed by atoms with Crippen LogP contribution in [0.15, 0.2) is 30.3 Å². The van der Waals surface area contributed by atoms with E-state index in [0.29, 0.717) is 32.2 Å². The topological polar surface area (TPSA) is 142 Å². The highest BCUT2D eigenvalue weighted by Crippen LogP contribution is 2.20. The fourth-order valence-electron chi connectivity index (χ4n) is 4.42. The molecule has 194 valence electrons. The Morgan fingerprint density at radius 1 is 1.00 bits per heavy atom. The minimum Gasteiger partial charge on any atom is -0.480 e. The van der Waals surface area contributed by atoms with Crippen LogP contribution < -0.4 is 16.4 Å². The highest BCUT2D eigenvalue weighted by atomic mass is 16.4. The third-order valence-electron chi connectivity index (χ3n) is 6.12. The molecule has 2 rings (SSSR count). The minimum atomic E-state index is -1.15. The summed E-state index contributed by atoms with van der Waals surface area (Å²) in [4.78, 5) is 52.5. The number of amides is 3. The molecule has 5 N–H and O–H groups in total. The molecule has 0 aromatic heterocycles. The highest BCUT2D eigenvalue weighted by molar-refractivity contribution is 5.94. The van der Waals surface area contributed by atoms with Gasteiger partial charge in [0.15, 0.2) is 0 Å². The normalized spacial score (nSPS) is 18.3. The predicted molar refractivity (Wildman–Crippen MR) is 133 cm³/mol. The third-order valence-corrected chi connectivity index (χ3v) is 6.12. The van der Waals surface area contributed by atoms with Gasteiger partial charge >= 0.3 is 5.97 Å². The fraction of sp³-hybridized carbons (Fsp3) is 0.615. The number of hydrogen-bond donors (Lipinski definition) is 4. The van der Waals surface area contributed by atoms with Crippen molar-refractivity contribution in [2.45, 2.75) is 84.0 Å². The van der Waals surface area contributed by atoms with Gasteiger partial charge in [0.1, 0.15) is 18.1 Å². The van der Waals surface area contributed by atoms with Gasteiger partial charge in [-0.25, -0.2) is 4.79 Å². The van der Waals surface area contributed by atoms with Crippen molar-refractivity contribution in [1.82, 2.24) is 15.5 Å². The Morgan fingerprint density at radius 3 is 2.20 bits per heavy atom. The van der Waals surface area contributed by atoms with Gasteiger partial charge < -0.3 is 26.4 Å². The van der Waals surface area contributed by atoms with Crippen LogP contribution in [0.25, 0.3) is 0 Å². The van der Waals surface area contributed by atoms with E-state index in [9.17, 15) is 24.3 Å². The lowest BCUT2D eigenvalue weighted by atomic mass is 10.0. The predicted octanol–water partition coefficient (Wildman–Crippen LogP) is 1.69. The number of nitrogens with one attached hydrogen (secondary N) is 2. The van der Waals surface area contributed by atoms with Gasteiger partial charge in [0.2, 0.25) is 17.7 Å². The fourth-order valence-corrected chi connectivity index (χ4v) is 4.42. The molecule has 1 aromatic carbocycles. The summed E-state index contributed by atoms with van der Waals surface area (Å²) in [6.45, 7) is 8.25. The third kappa shape index (κ3) is 8.65. The van der Waals surface area contributed by atoms with Crippen LogP contribution in [0.1, 0.15) is 58.9 Å². The first-order valence-electron chi connectivity index (χ1n) is 12.4. The largest absolute Gasteiger partial charge is 0.480 e. The van der Waals surface area contributed by atoms with E-state index in [1.807, 2.05) is 33.8 Å². The SMILES string of the molecule is CC(C)CC(N)C(=O)N1CCCC1C(=O)NC(CC(C)C)C(=O)NC(Cc1ccccc1)C(=O)O. The van der Waals surface area contributed by atoms with Gasteiger partial charge in [-0.3, -0.25) is 14.4 Å². The summed E-state index contributed by atoms with van der Waals surface area (Å²) in [5.74, 6) is -2.05. The van der Waals surface area contributed by atoms with E-state index < -0.39 is 42.0 Å². The molecule has 0 spiro atoms. The lowest BCUT2D eigenvalue weighted by molar-refractivity contribution is -0.143. The summed E-state index contributed by atoms with van der Waals surface area (Å²) >= 11 is 0. The van der Waals surface area contributed by atoms with Crippen molar-refractivity contribution >= 4 is 23.7 Å². The zero-order valence-electron chi connectivity index (χ0n) is 21.2. The Bertz CT molecular complexity index is 874. The molecule has 1 aliphatic rings. The Labute approximate surface area is 207 Å². The molecule has 3 amide bonds. The smallest absolute Gasteiger partial charge is 0.326 e. The summed E-state index contributed by atoms with van der Waals surface area (Å²) in [7, 11) is 0. The summed E-state index contributed by atoms with van der Waals surface area (Å²) < 4.78 is 0. The van der Waals surface area contributed by atoms with E-state index in [-0.39, 0.29) is 24.2 Å². The molecule has 0 aliphatic carbocycles. The number of nitrogens with zero attached hydrogens (tertiary/aromatic N) is 1. The molecule has 0 bridgehead atoms. The molecule has 4 atom stereocenters. The van der Waals surface area contributed by atoms with Crippen LogP contribution in [0.2, 0.25) is 0 Å². The zero-order chi connectivity index (χ0) is 26.1. The molecule has 1 aromatic rings. The van der Waals surface area contributed by atoms with Gasteiger partial charge in [0.05, 0.1) is 6.04 Å². The van der Waals surface area contributed by atoms with Crippen LogP contribution >= 0.6 is 0 Å². The number of carboxylic acids is 1. The second-order valence-corrected chi connectivity index (χ2v) is 10.2. The quantitative estimate of drug-likeness (QED) is 0.353. The first-order valence-corrected chi connectivity index (χ1v) is 12.4. The van der Waals surface area contributed by atoms with Crippen molar-refractivity contribution in [3.05, 3.63) is 35.9 Å². The molecule has 1 fully saturated rings. The Morgan fingerprint density at radius 2 is 1.63 bits per heavy atom. The second-order valence-electron chi connectivity index (χ2n) is 10.2. The molecular formula is C26H40N4O5. The van der Waals surface area contributed by atoms with Crippen molar-refractivity contribution in [2.24, 2.45) is 17.6 Å². The first kappa shape index (κ1) is 28.3. The van der Waals surface area contributed by atoms with E-state index in [2.05, 4.69) is 10.6 Å². The maximum Gasteiger partial charge on any atom is 0.326 e. The monoisotopic (exact) mass is 488 g/mol. The van der Waals surface area contributed by atoms with Crippen molar-refractivity contribution in [3.8, 4) is 0 Å². The number of nitrogens with two attached hydrogens (primary N) is 1. The Hall–Kier alpha value is -2.94. The molecule has 9 heteroatoms.